The van der Waals surface area contributed by atoms with Gasteiger partial charge in [0.1, 0.15) is 0 Å². The maximum Gasteiger partial charge on any atom is 0.162 e. The third-order valence-corrected chi connectivity index (χ3v) is 4.34. The largest absolute Gasteiger partial charge is 0.294 e. The van der Waals surface area contributed by atoms with Crippen molar-refractivity contribution in [3.05, 3.63) is 22.8 Å². The Morgan fingerprint density at radius 2 is 2.00 bits per heavy atom. The van der Waals surface area contributed by atoms with Gasteiger partial charge in [-0.1, -0.05) is 31.1 Å². The molecular formula is C15H22O. The first-order valence-electron chi connectivity index (χ1n) is 6.41. The van der Waals surface area contributed by atoms with Gasteiger partial charge in [0.25, 0.3) is 0 Å². The van der Waals surface area contributed by atoms with Crippen LogP contribution in [0.15, 0.2) is 22.8 Å². The Labute approximate surface area is 98.6 Å². The van der Waals surface area contributed by atoms with Crippen molar-refractivity contribution in [1.82, 2.24) is 0 Å². The summed E-state index contributed by atoms with van der Waals surface area (Å²) >= 11 is 0. The second-order valence-corrected chi connectivity index (χ2v) is 5.73. The number of carbonyl (C=O) groups is 1. The van der Waals surface area contributed by atoms with Gasteiger partial charge in [0.2, 0.25) is 0 Å². The molecule has 0 spiro atoms. The summed E-state index contributed by atoms with van der Waals surface area (Å²) in [5.74, 6) is 2.33. The molecule has 0 amide bonds. The first-order chi connectivity index (χ1) is 7.50. The van der Waals surface area contributed by atoms with Gasteiger partial charge in [0, 0.05) is 12.3 Å². The Bertz CT molecular complexity index is 371. The smallest absolute Gasteiger partial charge is 0.162 e. The maximum absolute atomic E-state index is 11.8. The Morgan fingerprint density at radius 3 is 2.62 bits per heavy atom. The number of hydrogen-bond donors (Lipinski definition) is 0. The monoisotopic (exact) mass is 218 g/mol. The van der Waals surface area contributed by atoms with Crippen LogP contribution >= 0.6 is 0 Å². The number of fused-ring (bicyclic) bond motifs is 1. The van der Waals surface area contributed by atoms with Crippen molar-refractivity contribution in [3.8, 4) is 0 Å². The highest BCUT2D eigenvalue weighted by Gasteiger charge is 2.34. The first kappa shape index (κ1) is 11.6. The van der Waals surface area contributed by atoms with E-state index in [1.54, 1.807) is 0 Å². The quantitative estimate of drug-likeness (QED) is 0.610. The number of allylic oxidation sites excluding steroid dienone is 4. The number of carbonyl (C=O) groups excluding carboxylic acids is 1. The lowest BCUT2D eigenvalue weighted by Crippen LogP contribution is -2.29. The van der Waals surface area contributed by atoms with Gasteiger partial charge in [-0.05, 0) is 44.1 Å². The lowest BCUT2D eigenvalue weighted by Gasteiger charge is -2.38. The normalized spacial score (nSPS) is 30.6. The SMILES string of the molecule is CC1=C[C@@H]2C(=C(C)CC[C@H]2C(C)C)CC1=O. The van der Waals surface area contributed by atoms with Crippen LogP contribution in [0.4, 0.5) is 0 Å². The molecule has 0 unspecified atom stereocenters. The lowest BCUT2D eigenvalue weighted by atomic mass is 9.66. The summed E-state index contributed by atoms with van der Waals surface area (Å²) in [6, 6.07) is 0. The second kappa shape index (κ2) is 4.20. The van der Waals surface area contributed by atoms with Gasteiger partial charge in [-0.15, -0.1) is 0 Å². The van der Waals surface area contributed by atoms with Gasteiger partial charge in [0.05, 0.1) is 0 Å². The standard InChI is InChI=1S/C15H22O/c1-9(2)12-6-5-10(3)13-8-15(16)11(4)7-14(12)13/h7,9,12,14H,5-6,8H2,1-4H3/t12-,14-/m0/s1. The summed E-state index contributed by atoms with van der Waals surface area (Å²) in [6.07, 6.45) is 5.39. The summed E-state index contributed by atoms with van der Waals surface area (Å²) in [4.78, 5) is 11.8. The highest BCUT2D eigenvalue weighted by atomic mass is 16.1. The van der Waals surface area contributed by atoms with Crippen LogP contribution in [-0.4, -0.2) is 5.78 Å². The van der Waals surface area contributed by atoms with E-state index in [9.17, 15) is 4.79 Å². The molecule has 0 bridgehead atoms. The Morgan fingerprint density at radius 1 is 1.31 bits per heavy atom. The van der Waals surface area contributed by atoms with Crippen LogP contribution in [0.3, 0.4) is 0 Å². The zero-order chi connectivity index (χ0) is 11.9. The summed E-state index contributed by atoms with van der Waals surface area (Å²) in [6.45, 7) is 8.80. The molecule has 0 aromatic carbocycles. The molecule has 0 fully saturated rings. The highest BCUT2D eigenvalue weighted by molar-refractivity contribution is 5.97. The van der Waals surface area contributed by atoms with Crippen LogP contribution < -0.4 is 0 Å². The average molecular weight is 218 g/mol. The molecule has 1 nitrogen and oxygen atoms in total. The third-order valence-electron chi connectivity index (χ3n) is 4.34. The zero-order valence-electron chi connectivity index (χ0n) is 10.8. The molecule has 0 N–H and O–H groups in total. The number of Topliss-reactive ketones (excluding diaryl/α,β-unsaturated/α-hetero) is 1. The van der Waals surface area contributed by atoms with E-state index in [0.717, 1.165) is 11.5 Å². The average Bonchev–Trinajstić information content (AvgIpc) is 2.21. The summed E-state index contributed by atoms with van der Waals surface area (Å²) in [7, 11) is 0. The van der Waals surface area contributed by atoms with Crippen molar-refractivity contribution >= 4 is 5.78 Å². The molecule has 0 saturated heterocycles. The Hall–Kier alpha value is -0.850. The van der Waals surface area contributed by atoms with Gasteiger partial charge >= 0.3 is 0 Å². The minimum atomic E-state index is 0.329. The molecule has 2 atom stereocenters. The van der Waals surface area contributed by atoms with Crippen LogP contribution in [0.25, 0.3) is 0 Å². The van der Waals surface area contributed by atoms with Crippen molar-refractivity contribution in [2.75, 3.05) is 0 Å². The molecule has 0 heterocycles. The predicted octanol–water partition coefficient (Wildman–Crippen LogP) is 3.90. The van der Waals surface area contributed by atoms with Crippen molar-refractivity contribution in [2.45, 2.75) is 47.0 Å². The van der Waals surface area contributed by atoms with E-state index in [4.69, 9.17) is 0 Å². The van der Waals surface area contributed by atoms with Gasteiger partial charge in [-0.2, -0.15) is 0 Å². The topological polar surface area (TPSA) is 17.1 Å². The molecule has 0 radical (unpaired) electrons. The molecule has 0 aromatic heterocycles. The lowest BCUT2D eigenvalue weighted by molar-refractivity contribution is -0.115. The van der Waals surface area contributed by atoms with E-state index in [0.29, 0.717) is 24.0 Å². The minimum absolute atomic E-state index is 0.329. The molecular weight excluding hydrogens is 196 g/mol. The van der Waals surface area contributed by atoms with E-state index in [1.165, 1.54) is 24.0 Å². The summed E-state index contributed by atoms with van der Waals surface area (Å²) < 4.78 is 0. The van der Waals surface area contributed by atoms with Gasteiger partial charge < -0.3 is 0 Å². The van der Waals surface area contributed by atoms with Crippen LogP contribution in [0, 0.1) is 17.8 Å². The van der Waals surface area contributed by atoms with Crippen LogP contribution in [0.2, 0.25) is 0 Å². The van der Waals surface area contributed by atoms with Crippen molar-refractivity contribution in [2.24, 2.45) is 17.8 Å². The molecule has 2 rings (SSSR count). The predicted molar refractivity (Wildman–Crippen MR) is 67.1 cm³/mol. The van der Waals surface area contributed by atoms with Gasteiger partial charge in [0.15, 0.2) is 5.78 Å². The summed E-state index contributed by atoms with van der Waals surface area (Å²) in [5.41, 5.74) is 3.88. The fourth-order valence-electron chi connectivity index (χ4n) is 3.18. The van der Waals surface area contributed by atoms with Crippen molar-refractivity contribution in [1.29, 1.82) is 0 Å². The van der Waals surface area contributed by atoms with Gasteiger partial charge in [-0.3, -0.25) is 4.79 Å². The maximum atomic E-state index is 11.8. The molecule has 88 valence electrons. The first-order valence-corrected chi connectivity index (χ1v) is 6.41. The fourth-order valence-corrected chi connectivity index (χ4v) is 3.18. The molecule has 0 aliphatic heterocycles. The van der Waals surface area contributed by atoms with Gasteiger partial charge in [-0.25, -0.2) is 0 Å². The summed E-state index contributed by atoms with van der Waals surface area (Å²) in [5, 5.41) is 0. The second-order valence-electron chi connectivity index (χ2n) is 5.73. The molecule has 2 aliphatic rings. The third kappa shape index (κ3) is 1.88. The van der Waals surface area contributed by atoms with Crippen molar-refractivity contribution < 1.29 is 4.79 Å². The fraction of sp³-hybridized carbons (Fsp3) is 0.667. The Balaban J connectivity index is 2.40. The molecule has 2 aliphatic carbocycles. The van der Waals surface area contributed by atoms with E-state index < -0.39 is 0 Å². The highest BCUT2D eigenvalue weighted by Crippen LogP contribution is 2.43. The van der Waals surface area contributed by atoms with Crippen LogP contribution in [0.1, 0.15) is 47.0 Å². The van der Waals surface area contributed by atoms with E-state index in [-0.39, 0.29) is 0 Å². The zero-order valence-corrected chi connectivity index (χ0v) is 10.8. The van der Waals surface area contributed by atoms with Crippen LogP contribution in [-0.2, 0) is 4.79 Å². The number of ketones is 1. The minimum Gasteiger partial charge on any atom is -0.294 e. The van der Waals surface area contributed by atoms with E-state index in [1.807, 2.05) is 6.92 Å². The van der Waals surface area contributed by atoms with E-state index in [2.05, 4.69) is 26.8 Å². The molecule has 16 heavy (non-hydrogen) atoms. The Kier molecular flexibility index (Phi) is 3.05. The van der Waals surface area contributed by atoms with Crippen LogP contribution in [0.5, 0.6) is 0 Å². The van der Waals surface area contributed by atoms with E-state index >= 15 is 0 Å². The molecule has 1 heteroatoms. The van der Waals surface area contributed by atoms with Crippen molar-refractivity contribution in [3.63, 3.8) is 0 Å². The molecule has 0 saturated carbocycles. The number of hydrogen-bond acceptors (Lipinski definition) is 1. The molecule has 0 aromatic rings. The number of rotatable bonds is 1.